The number of allylic oxidation sites excluding steroid dienone is 1. The smallest absolute Gasteiger partial charge is 0.224 e. The first-order valence-electron chi connectivity index (χ1n) is 12.5. The Morgan fingerprint density at radius 3 is 2.45 bits per heavy atom. The minimum Gasteiger partial charge on any atom is -0.351 e. The van der Waals surface area contributed by atoms with Crippen LogP contribution in [0.4, 0.5) is 0 Å². The van der Waals surface area contributed by atoms with Gasteiger partial charge in [0.2, 0.25) is 11.0 Å². The zero-order valence-corrected chi connectivity index (χ0v) is 21.5. The Bertz CT molecular complexity index is 781. The van der Waals surface area contributed by atoms with Gasteiger partial charge in [-0.1, -0.05) is 52.5 Å². The molecule has 0 aromatic heterocycles. The highest BCUT2D eigenvalue weighted by Gasteiger charge is 2.61. The molecule has 0 aromatic carbocycles. The summed E-state index contributed by atoms with van der Waals surface area (Å²) in [5, 5.41) is 4.12. The van der Waals surface area contributed by atoms with Crippen molar-refractivity contribution in [2.75, 3.05) is 0 Å². The van der Waals surface area contributed by atoms with Crippen molar-refractivity contribution in [2.24, 2.45) is 39.9 Å². The molecule has 1 N–H and O–H groups in total. The van der Waals surface area contributed by atoms with E-state index in [1.54, 1.807) is 11.8 Å². The summed E-state index contributed by atoms with van der Waals surface area (Å²) in [4.78, 5) is 25.5. The average molecular weight is 446 g/mol. The highest BCUT2D eigenvalue weighted by atomic mass is 32.2. The SMILES string of the molecule is CC(C)(C)CC(C)(C)NC(=O)[C@H]1CC[C@H]2[C@@H]3CC[C@H]4SC(=O)C=C[C@]4(C)[C@H]3CC[C@]12C. The monoisotopic (exact) mass is 445 g/mol. The van der Waals surface area contributed by atoms with E-state index in [9.17, 15) is 9.59 Å². The van der Waals surface area contributed by atoms with Gasteiger partial charge in [0.15, 0.2) is 0 Å². The van der Waals surface area contributed by atoms with Crippen LogP contribution in [0.1, 0.15) is 93.4 Å². The van der Waals surface area contributed by atoms with E-state index in [0.717, 1.165) is 25.7 Å². The average Bonchev–Trinajstić information content (AvgIpc) is 2.97. The molecule has 4 heteroatoms. The highest BCUT2D eigenvalue weighted by Crippen LogP contribution is 2.66. The van der Waals surface area contributed by atoms with Gasteiger partial charge in [-0.3, -0.25) is 9.59 Å². The molecule has 7 atom stereocenters. The van der Waals surface area contributed by atoms with Crippen molar-refractivity contribution in [3.63, 3.8) is 0 Å². The minimum atomic E-state index is -0.177. The number of hydrogen-bond donors (Lipinski definition) is 1. The van der Waals surface area contributed by atoms with Gasteiger partial charge in [0.25, 0.3) is 0 Å². The molecule has 4 aliphatic rings. The molecule has 3 aliphatic carbocycles. The maximum atomic E-state index is 13.5. The maximum Gasteiger partial charge on any atom is 0.224 e. The number of hydrogen-bond acceptors (Lipinski definition) is 3. The quantitative estimate of drug-likeness (QED) is 0.548. The van der Waals surface area contributed by atoms with Crippen LogP contribution >= 0.6 is 11.8 Å². The summed E-state index contributed by atoms with van der Waals surface area (Å²) < 4.78 is 0. The standard InChI is InChI=1S/C27H43NO2S/c1-24(2,3)16-25(4,5)28-23(30)20-10-9-18-17-8-11-21-27(7,15-13-22(29)31-21)19(17)12-14-26(18,20)6/h13,15,17-21H,8-12,14,16H2,1-7H3,(H,28,30)/t17-,18-,19-,20+,21+,26-,27+/m0/s1. The van der Waals surface area contributed by atoms with Crippen molar-refractivity contribution in [1.29, 1.82) is 0 Å². The molecule has 3 fully saturated rings. The largest absolute Gasteiger partial charge is 0.351 e. The molecule has 1 heterocycles. The number of nitrogens with one attached hydrogen (secondary N) is 1. The lowest BCUT2D eigenvalue weighted by atomic mass is 9.49. The van der Waals surface area contributed by atoms with Crippen molar-refractivity contribution in [3.05, 3.63) is 12.2 Å². The summed E-state index contributed by atoms with van der Waals surface area (Å²) in [6.07, 6.45) is 12.0. The van der Waals surface area contributed by atoms with Gasteiger partial charge in [0.05, 0.1) is 0 Å². The fourth-order valence-electron chi connectivity index (χ4n) is 8.42. The van der Waals surface area contributed by atoms with Crippen LogP contribution in [0.25, 0.3) is 0 Å². The molecular formula is C27H43NO2S. The highest BCUT2D eigenvalue weighted by molar-refractivity contribution is 8.14. The molecule has 0 spiro atoms. The second-order valence-corrected chi connectivity index (χ2v) is 14.6. The third-order valence-corrected chi connectivity index (χ3v) is 10.7. The van der Waals surface area contributed by atoms with E-state index in [1.807, 2.05) is 6.08 Å². The first kappa shape index (κ1) is 23.4. The summed E-state index contributed by atoms with van der Waals surface area (Å²) in [5.41, 5.74) is 0.270. The third kappa shape index (κ3) is 4.15. The normalized spacial score (nSPS) is 42.5. The van der Waals surface area contributed by atoms with Crippen molar-refractivity contribution >= 4 is 22.8 Å². The van der Waals surface area contributed by atoms with Gasteiger partial charge in [-0.15, -0.1) is 0 Å². The number of rotatable bonds is 3. The van der Waals surface area contributed by atoms with E-state index in [0.29, 0.717) is 23.0 Å². The molecule has 4 rings (SSSR count). The summed E-state index contributed by atoms with van der Waals surface area (Å²) in [7, 11) is 0. The number of fused-ring (bicyclic) bond motifs is 5. The van der Waals surface area contributed by atoms with Crippen LogP contribution in [0.2, 0.25) is 0 Å². The van der Waals surface area contributed by atoms with Gasteiger partial charge in [-0.05, 0) is 93.5 Å². The fraction of sp³-hybridized carbons (Fsp3) is 0.852. The summed E-state index contributed by atoms with van der Waals surface area (Å²) in [5.74, 6) is 2.41. The zero-order valence-electron chi connectivity index (χ0n) is 20.7. The lowest BCUT2D eigenvalue weighted by molar-refractivity contribution is -0.134. The van der Waals surface area contributed by atoms with E-state index < -0.39 is 0 Å². The lowest BCUT2D eigenvalue weighted by Crippen LogP contribution is -2.55. The van der Waals surface area contributed by atoms with E-state index in [4.69, 9.17) is 0 Å². The predicted molar refractivity (Wildman–Crippen MR) is 130 cm³/mol. The molecule has 0 bridgehead atoms. The van der Waals surface area contributed by atoms with Gasteiger partial charge in [-0.25, -0.2) is 0 Å². The Kier molecular flexibility index (Phi) is 5.76. The van der Waals surface area contributed by atoms with Crippen molar-refractivity contribution in [3.8, 4) is 0 Å². The minimum absolute atomic E-state index is 0.119. The van der Waals surface area contributed by atoms with Crippen LogP contribution in [-0.4, -0.2) is 21.8 Å². The Labute approximate surface area is 194 Å². The van der Waals surface area contributed by atoms with Crippen molar-refractivity contribution in [2.45, 2.75) is 104 Å². The first-order valence-corrected chi connectivity index (χ1v) is 13.4. The van der Waals surface area contributed by atoms with Gasteiger partial charge < -0.3 is 5.32 Å². The van der Waals surface area contributed by atoms with Crippen LogP contribution in [0.15, 0.2) is 12.2 Å². The second-order valence-electron chi connectivity index (χ2n) is 13.4. The van der Waals surface area contributed by atoms with Crippen LogP contribution in [0.3, 0.4) is 0 Å². The zero-order chi connectivity index (χ0) is 22.8. The Balaban J connectivity index is 1.51. The topological polar surface area (TPSA) is 46.2 Å². The lowest BCUT2D eigenvalue weighted by Gasteiger charge is -2.58. The van der Waals surface area contributed by atoms with E-state index in [-0.39, 0.29) is 38.7 Å². The molecule has 3 saturated carbocycles. The van der Waals surface area contributed by atoms with Crippen LogP contribution in [0.5, 0.6) is 0 Å². The molecule has 0 aromatic rings. The Morgan fingerprint density at radius 1 is 1.06 bits per heavy atom. The second kappa shape index (κ2) is 7.64. The Morgan fingerprint density at radius 2 is 1.77 bits per heavy atom. The van der Waals surface area contributed by atoms with Crippen LogP contribution in [0, 0.1) is 39.9 Å². The van der Waals surface area contributed by atoms with Gasteiger partial charge >= 0.3 is 0 Å². The first-order chi connectivity index (χ1) is 14.3. The number of carbonyl (C=O) groups excluding carboxylic acids is 2. The van der Waals surface area contributed by atoms with Crippen molar-refractivity contribution < 1.29 is 9.59 Å². The molecule has 1 amide bonds. The van der Waals surface area contributed by atoms with Crippen LogP contribution < -0.4 is 5.32 Å². The van der Waals surface area contributed by atoms with Crippen LogP contribution in [-0.2, 0) is 9.59 Å². The van der Waals surface area contributed by atoms with Gasteiger partial charge in [0, 0.05) is 22.1 Å². The Hall–Kier alpha value is -0.770. The van der Waals surface area contributed by atoms with E-state index >= 15 is 0 Å². The molecule has 0 unspecified atom stereocenters. The fourth-order valence-corrected chi connectivity index (χ4v) is 9.61. The van der Waals surface area contributed by atoms with Gasteiger partial charge in [-0.2, -0.15) is 0 Å². The summed E-state index contributed by atoms with van der Waals surface area (Å²) in [6.45, 7) is 15.9. The maximum absolute atomic E-state index is 13.5. The molecule has 31 heavy (non-hydrogen) atoms. The summed E-state index contributed by atoms with van der Waals surface area (Å²) >= 11 is 1.58. The predicted octanol–water partition coefficient (Wildman–Crippen LogP) is 6.37. The molecule has 1 aliphatic heterocycles. The molecule has 0 radical (unpaired) electrons. The molecule has 0 saturated heterocycles. The molecule has 3 nitrogen and oxygen atoms in total. The summed E-state index contributed by atoms with van der Waals surface area (Å²) in [6, 6.07) is 0. The molecule has 174 valence electrons. The van der Waals surface area contributed by atoms with Gasteiger partial charge in [0.1, 0.15) is 0 Å². The van der Waals surface area contributed by atoms with E-state index in [1.165, 1.54) is 19.3 Å². The van der Waals surface area contributed by atoms with Crippen molar-refractivity contribution in [1.82, 2.24) is 5.32 Å². The third-order valence-electron chi connectivity index (χ3n) is 9.28. The number of thioether (sulfide) groups is 1. The molecular weight excluding hydrogens is 402 g/mol. The number of amides is 1. The van der Waals surface area contributed by atoms with E-state index in [2.05, 4.69) is 59.9 Å². The number of carbonyl (C=O) groups is 2.